The standard InChI is InChI=1S/C4H4Cl2O2/c5-3(6)4-7-1-2-8-4/h1-2H2. The molecule has 1 heterocycles. The van der Waals surface area contributed by atoms with Gasteiger partial charge in [-0.2, -0.15) is 0 Å². The zero-order chi connectivity index (χ0) is 5.98. The number of rotatable bonds is 0. The van der Waals surface area contributed by atoms with Crippen LogP contribution in [-0.2, 0) is 9.47 Å². The fraction of sp³-hybridized carbons (Fsp3) is 0.500. The lowest BCUT2D eigenvalue weighted by molar-refractivity contribution is 0.176. The van der Waals surface area contributed by atoms with E-state index in [0.717, 1.165) is 0 Å². The van der Waals surface area contributed by atoms with Crippen LogP contribution in [-0.4, -0.2) is 13.2 Å². The predicted molar refractivity (Wildman–Crippen MR) is 30.6 cm³/mol. The summed E-state index contributed by atoms with van der Waals surface area (Å²) in [5.41, 5.74) is 0. The molecule has 0 N–H and O–H groups in total. The largest absolute Gasteiger partial charge is 0.460 e. The van der Waals surface area contributed by atoms with E-state index < -0.39 is 0 Å². The number of ether oxygens (including phenoxy) is 2. The van der Waals surface area contributed by atoms with Crippen LogP contribution in [0.5, 0.6) is 0 Å². The van der Waals surface area contributed by atoms with Crippen molar-refractivity contribution in [2.24, 2.45) is 0 Å². The summed E-state index contributed by atoms with van der Waals surface area (Å²) < 4.78 is 9.67. The smallest absolute Gasteiger partial charge is 0.311 e. The van der Waals surface area contributed by atoms with E-state index in [9.17, 15) is 0 Å². The van der Waals surface area contributed by atoms with Crippen molar-refractivity contribution in [3.8, 4) is 0 Å². The molecule has 0 unspecified atom stereocenters. The van der Waals surface area contributed by atoms with Gasteiger partial charge in [-0.25, -0.2) is 0 Å². The van der Waals surface area contributed by atoms with E-state index in [1.165, 1.54) is 0 Å². The van der Waals surface area contributed by atoms with Gasteiger partial charge in [0.2, 0.25) is 0 Å². The zero-order valence-electron chi connectivity index (χ0n) is 3.99. The lowest BCUT2D eigenvalue weighted by atomic mass is 10.8. The molecule has 1 fully saturated rings. The van der Waals surface area contributed by atoms with Gasteiger partial charge in [-0.15, -0.1) is 0 Å². The topological polar surface area (TPSA) is 18.5 Å². The first kappa shape index (κ1) is 6.05. The molecule has 0 aromatic carbocycles. The van der Waals surface area contributed by atoms with Crippen molar-refractivity contribution in [2.75, 3.05) is 13.2 Å². The molecule has 1 aliphatic rings. The Kier molecular flexibility index (Phi) is 1.86. The Morgan fingerprint density at radius 2 is 1.75 bits per heavy atom. The molecule has 0 bridgehead atoms. The molecule has 0 aromatic heterocycles. The summed E-state index contributed by atoms with van der Waals surface area (Å²) in [6.07, 6.45) is 0. The average Bonchev–Trinajstić information content (AvgIpc) is 2.12. The first-order valence-corrected chi connectivity index (χ1v) is 2.87. The van der Waals surface area contributed by atoms with Crippen LogP contribution in [0.25, 0.3) is 0 Å². The van der Waals surface area contributed by atoms with Crippen LogP contribution in [0.15, 0.2) is 10.4 Å². The maximum absolute atomic E-state index is 5.28. The van der Waals surface area contributed by atoms with Gasteiger partial charge in [0.15, 0.2) is 4.49 Å². The first-order valence-electron chi connectivity index (χ1n) is 2.11. The SMILES string of the molecule is ClC(Cl)=C1OCCO1. The van der Waals surface area contributed by atoms with Crippen LogP contribution in [0, 0.1) is 0 Å². The number of halogens is 2. The Balaban J connectivity index is 2.58. The fourth-order valence-corrected chi connectivity index (χ4v) is 0.638. The molecule has 0 saturated carbocycles. The zero-order valence-corrected chi connectivity index (χ0v) is 5.50. The molecule has 0 atom stereocenters. The van der Waals surface area contributed by atoms with Gasteiger partial charge in [0, 0.05) is 0 Å². The third kappa shape index (κ3) is 1.20. The highest BCUT2D eigenvalue weighted by molar-refractivity contribution is 6.56. The van der Waals surface area contributed by atoms with Crippen LogP contribution in [0.1, 0.15) is 0 Å². The minimum atomic E-state index is 0.0579. The fourth-order valence-electron chi connectivity index (χ4n) is 0.420. The molecule has 1 rings (SSSR count). The molecular weight excluding hydrogens is 151 g/mol. The van der Waals surface area contributed by atoms with E-state index in [1.54, 1.807) is 0 Å². The van der Waals surface area contributed by atoms with Crippen LogP contribution in [0.2, 0.25) is 0 Å². The van der Waals surface area contributed by atoms with Gasteiger partial charge in [-0.05, 0) is 0 Å². The lowest BCUT2D eigenvalue weighted by Crippen LogP contribution is -1.79. The summed E-state index contributed by atoms with van der Waals surface area (Å²) in [5, 5.41) is 0. The Morgan fingerprint density at radius 3 is 2.00 bits per heavy atom. The van der Waals surface area contributed by atoms with E-state index in [2.05, 4.69) is 0 Å². The Labute approximate surface area is 57.0 Å². The molecule has 8 heavy (non-hydrogen) atoms. The van der Waals surface area contributed by atoms with Crippen LogP contribution < -0.4 is 0 Å². The third-order valence-corrected chi connectivity index (χ3v) is 1.01. The van der Waals surface area contributed by atoms with E-state index in [1.807, 2.05) is 0 Å². The van der Waals surface area contributed by atoms with Crippen LogP contribution in [0.4, 0.5) is 0 Å². The molecule has 2 nitrogen and oxygen atoms in total. The van der Waals surface area contributed by atoms with E-state index in [-0.39, 0.29) is 10.4 Å². The predicted octanol–water partition coefficient (Wildman–Crippen LogP) is 1.64. The minimum absolute atomic E-state index is 0.0579. The molecule has 46 valence electrons. The van der Waals surface area contributed by atoms with Crippen molar-refractivity contribution in [3.63, 3.8) is 0 Å². The van der Waals surface area contributed by atoms with E-state index in [0.29, 0.717) is 13.2 Å². The second kappa shape index (κ2) is 2.46. The van der Waals surface area contributed by atoms with E-state index in [4.69, 9.17) is 32.7 Å². The Hall–Kier alpha value is -0.0800. The van der Waals surface area contributed by atoms with Crippen molar-refractivity contribution in [3.05, 3.63) is 10.4 Å². The van der Waals surface area contributed by atoms with E-state index >= 15 is 0 Å². The first-order chi connectivity index (χ1) is 3.80. The highest BCUT2D eigenvalue weighted by atomic mass is 35.5. The molecule has 0 radical (unpaired) electrons. The molecule has 0 aliphatic carbocycles. The van der Waals surface area contributed by atoms with Crippen LogP contribution >= 0.6 is 23.2 Å². The average molecular weight is 155 g/mol. The summed E-state index contributed by atoms with van der Waals surface area (Å²) in [7, 11) is 0. The van der Waals surface area contributed by atoms with Crippen molar-refractivity contribution in [1.82, 2.24) is 0 Å². The molecule has 4 heteroatoms. The lowest BCUT2D eigenvalue weighted by Gasteiger charge is -1.93. The summed E-state index contributed by atoms with van der Waals surface area (Å²) >= 11 is 10.6. The van der Waals surface area contributed by atoms with Crippen LogP contribution in [0.3, 0.4) is 0 Å². The summed E-state index contributed by atoms with van der Waals surface area (Å²) in [6.45, 7) is 1.08. The molecule has 1 aliphatic heterocycles. The van der Waals surface area contributed by atoms with Gasteiger partial charge in [-0.3, -0.25) is 0 Å². The van der Waals surface area contributed by atoms with Gasteiger partial charge >= 0.3 is 5.95 Å². The number of hydrogen-bond donors (Lipinski definition) is 0. The second-order valence-electron chi connectivity index (χ2n) is 1.24. The second-order valence-corrected chi connectivity index (χ2v) is 2.19. The van der Waals surface area contributed by atoms with Gasteiger partial charge in [0.05, 0.1) is 0 Å². The van der Waals surface area contributed by atoms with Crippen molar-refractivity contribution >= 4 is 23.2 Å². The van der Waals surface area contributed by atoms with Crippen molar-refractivity contribution in [2.45, 2.75) is 0 Å². The maximum atomic E-state index is 5.28. The maximum Gasteiger partial charge on any atom is 0.311 e. The summed E-state index contributed by atoms with van der Waals surface area (Å²) in [5.74, 6) is 0.244. The van der Waals surface area contributed by atoms with Gasteiger partial charge in [0.1, 0.15) is 13.2 Å². The quantitative estimate of drug-likeness (QED) is 0.529. The summed E-state index contributed by atoms with van der Waals surface area (Å²) in [6, 6.07) is 0. The molecular formula is C4H4Cl2O2. The Bertz CT molecular complexity index is 109. The van der Waals surface area contributed by atoms with Crippen molar-refractivity contribution < 1.29 is 9.47 Å². The Morgan fingerprint density at radius 1 is 1.25 bits per heavy atom. The molecule has 1 saturated heterocycles. The van der Waals surface area contributed by atoms with Crippen molar-refractivity contribution in [1.29, 1.82) is 0 Å². The molecule has 0 spiro atoms. The van der Waals surface area contributed by atoms with Gasteiger partial charge in [-0.1, -0.05) is 23.2 Å². The normalized spacial score (nSPS) is 17.5. The molecule has 0 amide bonds. The third-order valence-electron chi connectivity index (χ3n) is 0.704. The minimum Gasteiger partial charge on any atom is -0.460 e. The number of hydrogen-bond acceptors (Lipinski definition) is 2. The highest BCUT2D eigenvalue weighted by Gasteiger charge is 2.11. The monoisotopic (exact) mass is 154 g/mol. The highest BCUT2D eigenvalue weighted by Crippen LogP contribution is 2.19. The summed E-state index contributed by atoms with van der Waals surface area (Å²) in [4.78, 5) is 0. The molecule has 0 aromatic rings. The van der Waals surface area contributed by atoms with Gasteiger partial charge < -0.3 is 9.47 Å². The van der Waals surface area contributed by atoms with Gasteiger partial charge in [0.25, 0.3) is 0 Å².